The Labute approximate surface area is 55.8 Å². The van der Waals surface area contributed by atoms with Crippen LogP contribution in [0.3, 0.4) is 0 Å². The lowest BCUT2D eigenvalue weighted by molar-refractivity contribution is 0.376. The Balaban J connectivity index is 2.47. The largest absolute Gasteiger partial charge is 0.361 e. The molecule has 0 atom stereocenters. The van der Waals surface area contributed by atoms with E-state index < -0.39 is 0 Å². The van der Waals surface area contributed by atoms with Gasteiger partial charge in [-0.25, -0.2) is 0 Å². The van der Waals surface area contributed by atoms with Crippen LogP contribution in [0.2, 0.25) is 0 Å². The molecular weight excluding hydrogens is 112 g/mol. The van der Waals surface area contributed by atoms with Gasteiger partial charge in [0.1, 0.15) is 6.67 Å². The van der Waals surface area contributed by atoms with Crippen molar-refractivity contribution < 1.29 is 0 Å². The van der Waals surface area contributed by atoms with E-state index in [1.165, 1.54) is 0 Å². The second kappa shape index (κ2) is 2.45. The van der Waals surface area contributed by atoms with Gasteiger partial charge in [0.25, 0.3) is 0 Å². The molecule has 0 saturated heterocycles. The fourth-order valence-electron chi connectivity index (χ4n) is 0.745. The summed E-state index contributed by atoms with van der Waals surface area (Å²) in [6.45, 7) is 2.73. The first-order valence-electron chi connectivity index (χ1n) is 2.90. The van der Waals surface area contributed by atoms with Crippen molar-refractivity contribution in [2.45, 2.75) is 6.92 Å². The maximum Gasteiger partial charge on any atom is 0.101 e. The van der Waals surface area contributed by atoms with Crippen LogP contribution in [0.15, 0.2) is 12.4 Å². The Bertz CT molecular complexity index is 173. The molecule has 2 heteroatoms. The molecule has 0 aromatic heterocycles. The van der Waals surface area contributed by atoms with Crippen LogP contribution in [0.4, 0.5) is 0 Å². The molecule has 2 nitrogen and oxygen atoms in total. The average molecular weight is 122 g/mol. The van der Waals surface area contributed by atoms with Crippen molar-refractivity contribution in [3.05, 3.63) is 12.4 Å². The Kier molecular flexibility index (Phi) is 1.64. The minimum absolute atomic E-state index is 0.890. The van der Waals surface area contributed by atoms with Gasteiger partial charge < -0.3 is 4.90 Å². The van der Waals surface area contributed by atoms with Crippen molar-refractivity contribution in [1.29, 1.82) is 0 Å². The standard InChI is InChI=1S/C7H10N2/c1-3-4-9-6-5-8(2)7-9/h5-6H,7H2,1-2H3. The molecule has 0 aromatic carbocycles. The predicted octanol–water partition coefficient (Wildman–Crippen LogP) is 0.643. The lowest BCUT2D eigenvalue weighted by atomic mass is 10.7. The van der Waals surface area contributed by atoms with Crippen LogP contribution < -0.4 is 0 Å². The van der Waals surface area contributed by atoms with Crippen LogP contribution in [0.5, 0.6) is 0 Å². The van der Waals surface area contributed by atoms with E-state index in [-0.39, 0.29) is 0 Å². The molecule has 0 bridgehead atoms. The summed E-state index contributed by atoms with van der Waals surface area (Å²) in [4.78, 5) is 4.02. The van der Waals surface area contributed by atoms with E-state index in [9.17, 15) is 0 Å². The third kappa shape index (κ3) is 1.39. The smallest absolute Gasteiger partial charge is 0.101 e. The van der Waals surface area contributed by atoms with Crippen LogP contribution in [-0.4, -0.2) is 23.5 Å². The molecule has 1 aliphatic rings. The molecule has 0 saturated carbocycles. The Morgan fingerprint density at radius 3 is 2.67 bits per heavy atom. The predicted molar refractivity (Wildman–Crippen MR) is 37.1 cm³/mol. The molecule has 0 N–H and O–H groups in total. The zero-order valence-electron chi connectivity index (χ0n) is 5.76. The minimum atomic E-state index is 0.890. The molecule has 0 aromatic rings. The molecule has 0 radical (unpaired) electrons. The van der Waals surface area contributed by atoms with Gasteiger partial charge >= 0.3 is 0 Å². The lowest BCUT2D eigenvalue weighted by Crippen LogP contribution is -2.17. The highest BCUT2D eigenvalue weighted by Gasteiger charge is 2.03. The molecule has 1 rings (SSSR count). The fraction of sp³-hybridized carbons (Fsp3) is 0.429. The van der Waals surface area contributed by atoms with Gasteiger partial charge in [0.15, 0.2) is 0 Å². The third-order valence-electron chi connectivity index (χ3n) is 1.13. The zero-order chi connectivity index (χ0) is 6.69. The number of hydrogen-bond donors (Lipinski definition) is 0. The van der Waals surface area contributed by atoms with Crippen molar-refractivity contribution in [3.8, 4) is 12.0 Å². The number of rotatable bonds is 0. The van der Waals surface area contributed by atoms with E-state index in [0.29, 0.717) is 0 Å². The van der Waals surface area contributed by atoms with Gasteiger partial charge in [0.05, 0.1) is 0 Å². The molecule has 0 amide bonds. The molecule has 0 fully saturated rings. The lowest BCUT2D eigenvalue weighted by Gasteiger charge is -2.09. The van der Waals surface area contributed by atoms with E-state index in [2.05, 4.69) is 16.9 Å². The molecule has 0 spiro atoms. The SMILES string of the molecule is CC#CN1C=CN(C)C1. The highest BCUT2D eigenvalue weighted by molar-refractivity contribution is 5.03. The van der Waals surface area contributed by atoms with Gasteiger partial charge in [-0.1, -0.05) is 5.92 Å². The van der Waals surface area contributed by atoms with Gasteiger partial charge in [0, 0.05) is 25.5 Å². The maximum atomic E-state index is 2.93. The van der Waals surface area contributed by atoms with E-state index in [1.54, 1.807) is 0 Å². The monoisotopic (exact) mass is 122 g/mol. The summed E-state index contributed by atoms with van der Waals surface area (Å²) in [5.41, 5.74) is 0. The highest BCUT2D eigenvalue weighted by atomic mass is 15.3. The van der Waals surface area contributed by atoms with Crippen LogP contribution in [0.25, 0.3) is 0 Å². The number of hydrogen-bond acceptors (Lipinski definition) is 2. The van der Waals surface area contributed by atoms with E-state index in [1.807, 2.05) is 31.3 Å². The van der Waals surface area contributed by atoms with Crippen molar-refractivity contribution in [2.75, 3.05) is 13.7 Å². The van der Waals surface area contributed by atoms with Gasteiger partial charge in [-0.15, -0.1) is 0 Å². The van der Waals surface area contributed by atoms with Gasteiger partial charge in [0.2, 0.25) is 0 Å². The first-order valence-corrected chi connectivity index (χ1v) is 2.90. The molecule has 1 aliphatic heterocycles. The summed E-state index contributed by atoms with van der Waals surface area (Å²) in [5.74, 6) is 2.83. The van der Waals surface area contributed by atoms with E-state index in [0.717, 1.165) is 6.67 Å². The van der Waals surface area contributed by atoms with Crippen molar-refractivity contribution in [1.82, 2.24) is 9.80 Å². The maximum absolute atomic E-state index is 2.93. The van der Waals surface area contributed by atoms with Gasteiger partial charge in [-0.05, 0) is 6.92 Å². The Hall–Kier alpha value is -1.10. The normalized spacial score (nSPS) is 15.8. The van der Waals surface area contributed by atoms with Crippen molar-refractivity contribution >= 4 is 0 Å². The topological polar surface area (TPSA) is 6.48 Å². The minimum Gasteiger partial charge on any atom is -0.361 e. The molecular formula is C7H10N2. The van der Waals surface area contributed by atoms with Crippen molar-refractivity contribution in [3.63, 3.8) is 0 Å². The average Bonchev–Trinajstić information content (AvgIpc) is 2.17. The summed E-state index contributed by atoms with van der Waals surface area (Å²) in [5, 5.41) is 0. The third-order valence-corrected chi connectivity index (χ3v) is 1.13. The van der Waals surface area contributed by atoms with Gasteiger partial charge in [-0.3, -0.25) is 4.90 Å². The quantitative estimate of drug-likeness (QED) is 0.435. The zero-order valence-corrected chi connectivity index (χ0v) is 5.76. The van der Waals surface area contributed by atoms with Crippen LogP contribution >= 0.6 is 0 Å². The first kappa shape index (κ1) is 6.03. The summed E-state index contributed by atoms with van der Waals surface area (Å²) < 4.78 is 0. The fourth-order valence-corrected chi connectivity index (χ4v) is 0.745. The second-order valence-electron chi connectivity index (χ2n) is 2.03. The summed E-state index contributed by atoms with van der Waals surface area (Å²) in [6.07, 6.45) is 3.97. The number of nitrogens with zero attached hydrogens (tertiary/aromatic N) is 2. The summed E-state index contributed by atoms with van der Waals surface area (Å²) >= 11 is 0. The molecule has 0 unspecified atom stereocenters. The highest BCUT2D eigenvalue weighted by Crippen LogP contribution is 2.00. The first-order chi connectivity index (χ1) is 4.33. The molecule has 0 aliphatic carbocycles. The van der Waals surface area contributed by atoms with Crippen molar-refractivity contribution in [2.24, 2.45) is 0 Å². The van der Waals surface area contributed by atoms with Gasteiger partial charge in [-0.2, -0.15) is 0 Å². The molecule has 9 heavy (non-hydrogen) atoms. The van der Waals surface area contributed by atoms with Crippen LogP contribution in [0, 0.1) is 12.0 Å². The van der Waals surface area contributed by atoms with E-state index in [4.69, 9.17) is 0 Å². The molecule has 1 heterocycles. The Morgan fingerprint density at radius 2 is 2.22 bits per heavy atom. The second-order valence-corrected chi connectivity index (χ2v) is 2.03. The summed E-state index contributed by atoms with van der Waals surface area (Å²) in [6, 6.07) is 2.93. The van der Waals surface area contributed by atoms with Crippen LogP contribution in [-0.2, 0) is 0 Å². The summed E-state index contributed by atoms with van der Waals surface area (Å²) in [7, 11) is 2.02. The Morgan fingerprint density at radius 1 is 1.44 bits per heavy atom. The molecule has 48 valence electrons. The van der Waals surface area contributed by atoms with E-state index >= 15 is 0 Å². The van der Waals surface area contributed by atoms with Crippen LogP contribution in [0.1, 0.15) is 6.92 Å².